The van der Waals surface area contributed by atoms with Gasteiger partial charge in [-0.2, -0.15) is 0 Å². The highest BCUT2D eigenvalue weighted by molar-refractivity contribution is 5.91. The molecule has 2 aromatic carbocycles. The third kappa shape index (κ3) is 5.10. The fourth-order valence-electron chi connectivity index (χ4n) is 4.02. The van der Waals surface area contributed by atoms with Crippen LogP contribution in [0.15, 0.2) is 30.3 Å². The van der Waals surface area contributed by atoms with E-state index in [0.717, 1.165) is 27.9 Å². The monoisotopic (exact) mass is 426 g/mol. The fraction of sp³-hybridized carbons (Fsp3) is 0.417. The second-order valence-electron chi connectivity index (χ2n) is 7.67. The summed E-state index contributed by atoms with van der Waals surface area (Å²) >= 11 is 0. The summed E-state index contributed by atoms with van der Waals surface area (Å²) in [6.45, 7) is 9.10. The Morgan fingerprint density at radius 1 is 1.10 bits per heavy atom. The van der Waals surface area contributed by atoms with Crippen molar-refractivity contribution in [2.45, 2.75) is 46.6 Å². The molecule has 0 aromatic heterocycles. The van der Waals surface area contributed by atoms with Gasteiger partial charge >= 0.3 is 12.0 Å². The van der Waals surface area contributed by atoms with Gasteiger partial charge in [-0.25, -0.2) is 4.79 Å². The molecule has 1 atom stereocenters. The smallest absolute Gasteiger partial charge is 0.322 e. The molecular weight excluding hydrogens is 396 g/mol. The predicted octanol–water partition coefficient (Wildman–Crippen LogP) is 4.71. The van der Waals surface area contributed by atoms with Gasteiger partial charge in [-0.05, 0) is 69.0 Å². The molecule has 7 nitrogen and oxygen atoms in total. The summed E-state index contributed by atoms with van der Waals surface area (Å²) in [6.07, 6.45) is 0.422. The number of hydrogen-bond acceptors (Lipinski definition) is 4. The molecule has 0 radical (unpaired) electrons. The quantitative estimate of drug-likeness (QED) is 0.670. The standard InChI is InChI=1S/C24H30N2O5/c1-5-30-21-12-17-9-10-26(24(29)25-19-8-7-15(3)11-16(19)4)20(14-23(27)28)18(17)13-22(21)31-6-2/h7-8,11-13,20H,5-6,9-10,14H2,1-4H3,(H,25,29)(H,27,28)/t20-/m0/s1. The van der Waals surface area contributed by atoms with E-state index in [2.05, 4.69) is 5.32 Å². The molecule has 2 N–H and O–H groups in total. The molecule has 0 spiro atoms. The van der Waals surface area contributed by atoms with E-state index in [1.807, 2.05) is 58.0 Å². The number of fused-ring (bicyclic) bond motifs is 1. The summed E-state index contributed by atoms with van der Waals surface area (Å²) in [6, 6.07) is 8.64. The molecule has 0 bridgehead atoms. The Balaban J connectivity index is 1.95. The number of amides is 2. The van der Waals surface area contributed by atoms with Crippen LogP contribution >= 0.6 is 0 Å². The van der Waals surface area contributed by atoms with Crippen LogP contribution in [0.1, 0.15) is 48.6 Å². The number of carboxylic acid groups (broad SMARTS) is 1. The minimum Gasteiger partial charge on any atom is -0.490 e. The number of anilines is 1. The minimum absolute atomic E-state index is 0.188. The Kier molecular flexibility index (Phi) is 7.05. The molecule has 0 saturated carbocycles. The largest absolute Gasteiger partial charge is 0.490 e. The van der Waals surface area contributed by atoms with Crippen LogP contribution in [0.3, 0.4) is 0 Å². The first-order valence-corrected chi connectivity index (χ1v) is 10.6. The number of ether oxygens (including phenoxy) is 2. The SMILES string of the molecule is CCOc1cc2c(cc1OCC)[C@H](CC(=O)O)N(C(=O)Nc1ccc(C)cc1C)CC2. The highest BCUT2D eigenvalue weighted by Crippen LogP contribution is 2.40. The Bertz CT molecular complexity index is 973. The number of carbonyl (C=O) groups is 2. The van der Waals surface area contributed by atoms with E-state index >= 15 is 0 Å². The Morgan fingerprint density at radius 2 is 1.77 bits per heavy atom. The van der Waals surface area contributed by atoms with Gasteiger partial charge in [-0.1, -0.05) is 17.7 Å². The molecule has 2 aromatic rings. The topological polar surface area (TPSA) is 88.1 Å². The van der Waals surface area contributed by atoms with Gasteiger partial charge in [-0.3, -0.25) is 4.79 Å². The first-order valence-electron chi connectivity index (χ1n) is 10.6. The van der Waals surface area contributed by atoms with Crippen molar-refractivity contribution in [3.8, 4) is 11.5 Å². The number of nitrogens with zero attached hydrogens (tertiary/aromatic N) is 1. The lowest BCUT2D eigenvalue weighted by molar-refractivity contribution is -0.138. The molecule has 0 unspecified atom stereocenters. The normalized spacial score (nSPS) is 15.2. The molecule has 31 heavy (non-hydrogen) atoms. The van der Waals surface area contributed by atoms with Crippen molar-refractivity contribution in [2.24, 2.45) is 0 Å². The zero-order valence-corrected chi connectivity index (χ0v) is 18.5. The average molecular weight is 427 g/mol. The van der Waals surface area contributed by atoms with Gasteiger partial charge in [0.1, 0.15) is 0 Å². The first-order chi connectivity index (χ1) is 14.8. The Hall–Kier alpha value is -3.22. The van der Waals surface area contributed by atoms with Crippen LogP contribution in [0.5, 0.6) is 11.5 Å². The van der Waals surface area contributed by atoms with E-state index in [4.69, 9.17) is 9.47 Å². The molecule has 0 aliphatic carbocycles. The van der Waals surface area contributed by atoms with Gasteiger partial charge in [0.05, 0.1) is 25.7 Å². The number of carboxylic acids is 1. The number of aliphatic carboxylic acids is 1. The van der Waals surface area contributed by atoms with Gasteiger partial charge in [0.25, 0.3) is 0 Å². The molecule has 166 valence electrons. The predicted molar refractivity (Wildman–Crippen MR) is 119 cm³/mol. The summed E-state index contributed by atoms with van der Waals surface area (Å²) in [5.41, 5.74) is 4.56. The summed E-state index contributed by atoms with van der Waals surface area (Å²) < 4.78 is 11.4. The summed E-state index contributed by atoms with van der Waals surface area (Å²) in [5.74, 6) is 0.245. The minimum atomic E-state index is -0.964. The van der Waals surface area contributed by atoms with Gasteiger partial charge in [-0.15, -0.1) is 0 Å². The van der Waals surface area contributed by atoms with Gasteiger partial charge in [0, 0.05) is 12.2 Å². The zero-order chi connectivity index (χ0) is 22.5. The van der Waals surface area contributed by atoms with Crippen molar-refractivity contribution >= 4 is 17.7 Å². The van der Waals surface area contributed by atoms with Crippen molar-refractivity contribution in [3.05, 3.63) is 52.6 Å². The molecule has 3 rings (SSSR count). The van der Waals surface area contributed by atoms with Crippen LogP contribution in [0, 0.1) is 13.8 Å². The number of aryl methyl sites for hydroxylation is 2. The maximum Gasteiger partial charge on any atom is 0.322 e. The molecule has 0 saturated heterocycles. The molecule has 1 aliphatic rings. The fourth-order valence-corrected chi connectivity index (χ4v) is 4.02. The molecule has 2 amide bonds. The molecule has 0 fully saturated rings. The van der Waals surface area contributed by atoms with Gasteiger partial charge < -0.3 is 24.8 Å². The van der Waals surface area contributed by atoms with Crippen LogP contribution in [0.4, 0.5) is 10.5 Å². The number of hydrogen-bond donors (Lipinski definition) is 2. The Morgan fingerprint density at radius 3 is 2.39 bits per heavy atom. The highest BCUT2D eigenvalue weighted by atomic mass is 16.5. The lowest BCUT2D eigenvalue weighted by Crippen LogP contribution is -2.43. The van der Waals surface area contributed by atoms with E-state index in [0.29, 0.717) is 37.7 Å². The third-order valence-corrected chi connectivity index (χ3v) is 5.41. The van der Waals surface area contributed by atoms with E-state index in [-0.39, 0.29) is 12.5 Å². The van der Waals surface area contributed by atoms with E-state index in [1.54, 1.807) is 4.90 Å². The average Bonchev–Trinajstić information content (AvgIpc) is 2.71. The number of carbonyl (C=O) groups excluding carboxylic acids is 1. The highest BCUT2D eigenvalue weighted by Gasteiger charge is 2.34. The maximum absolute atomic E-state index is 13.2. The van der Waals surface area contributed by atoms with Crippen LogP contribution in [0.25, 0.3) is 0 Å². The van der Waals surface area contributed by atoms with Crippen LogP contribution < -0.4 is 14.8 Å². The number of rotatable bonds is 7. The summed E-state index contributed by atoms with van der Waals surface area (Å²) in [4.78, 5) is 26.4. The first kappa shape index (κ1) is 22.5. The maximum atomic E-state index is 13.2. The van der Waals surface area contributed by atoms with Crippen molar-refractivity contribution in [1.82, 2.24) is 4.90 Å². The van der Waals surface area contributed by atoms with Gasteiger partial charge in [0.15, 0.2) is 11.5 Å². The van der Waals surface area contributed by atoms with Crippen molar-refractivity contribution in [2.75, 3.05) is 25.1 Å². The van der Waals surface area contributed by atoms with Crippen LogP contribution in [-0.2, 0) is 11.2 Å². The van der Waals surface area contributed by atoms with Crippen molar-refractivity contribution in [3.63, 3.8) is 0 Å². The zero-order valence-electron chi connectivity index (χ0n) is 18.5. The lowest BCUT2D eigenvalue weighted by atomic mass is 9.90. The van der Waals surface area contributed by atoms with E-state index < -0.39 is 12.0 Å². The Labute approximate surface area is 183 Å². The number of urea groups is 1. The number of benzene rings is 2. The lowest BCUT2D eigenvalue weighted by Gasteiger charge is -2.37. The van der Waals surface area contributed by atoms with Gasteiger partial charge in [0.2, 0.25) is 0 Å². The second-order valence-corrected chi connectivity index (χ2v) is 7.67. The second kappa shape index (κ2) is 9.73. The molecule has 1 heterocycles. The molecular formula is C24H30N2O5. The van der Waals surface area contributed by atoms with E-state index in [9.17, 15) is 14.7 Å². The summed E-state index contributed by atoms with van der Waals surface area (Å²) in [7, 11) is 0. The third-order valence-electron chi connectivity index (χ3n) is 5.41. The number of nitrogens with one attached hydrogen (secondary N) is 1. The summed E-state index contributed by atoms with van der Waals surface area (Å²) in [5, 5.41) is 12.5. The molecule has 7 heteroatoms. The molecule has 1 aliphatic heterocycles. The van der Waals surface area contributed by atoms with Crippen molar-refractivity contribution in [1.29, 1.82) is 0 Å². The van der Waals surface area contributed by atoms with Crippen molar-refractivity contribution < 1.29 is 24.2 Å². The van der Waals surface area contributed by atoms with Crippen LogP contribution in [0.2, 0.25) is 0 Å². The van der Waals surface area contributed by atoms with E-state index in [1.165, 1.54) is 0 Å². The van der Waals surface area contributed by atoms with Crippen LogP contribution in [-0.4, -0.2) is 41.8 Å².